The standard InChI is InChI=1S/C15H23NO4/c1-4-9-16-13(10-14(17)20-3)15(18)11-5-7-12(19-2)8-6-11/h5-8,13,15-16,18H,4,9-10H2,1-3H3. The fourth-order valence-corrected chi connectivity index (χ4v) is 1.92. The molecule has 5 nitrogen and oxygen atoms in total. The molecule has 0 saturated heterocycles. The molecule has 0 aliphatic heterocycles. The predicted octanol–water partition coefficient (Wildman–Crippen LogP) is 1.66. The van der Waals surface area contributed by atoms with Crippen molar-refractivity contribution in [3.63, 3.8) is 0 Å². The van der Waals surface area contributed by atoms with E-state index < -0.39 is 6.10 Å². The second kappa shape index (κ2) is 8.55. The van der Waals surface area contributed by atoms with E-state index in [2.05, 4.69) is 10.1 Å². The van der Waals surface area contributed by atoms with Crippen LogP contribution in [0, 0.1) is 0 Å². The van der Waals surface area contributed by atoms with Crippen LogP contribution in [0.1, 0.15) is 31.4 Å². The van der Waals surface area contributed by atoms with E-state index in [1.54, 1.807) is 31.4 Å². The fourth-order valence-electron chi connectivity index (χ4n) is 1.92. The summed E-state index contributed by atoms with van der Waals surface area (Å²) in [5, 5.41) is 13.6. The first kappa shape index (κ1) is 16.5. The summed E-state index contributed by atoms with van der Waals surface area (Å²) < 4.78 is 9.76. The van der Waals surface area contributed by atoms with Crippen molar-refractivity contribution in [2.45, 2.75) is 31.9 Å². The lowest BCUT2D eigenvalue weighted by Crippen LogP contribution is -2.37. The highest BCUT2D eigenvalue weighted by Crippen LogP contribution is 2.22. The molecule has 0 aliphatic carbocycles. The average molecular weight is 281 g/mol. The van der Waals surface area contributed by atoms with Gasteiger partial charge in [-0.2, -0.15) is 0 Å². The van der Waals surface area contributed by atoms with Crippen LogP contribution < -0.4 is 10.1 Å². The molecule has 0 aromatic heterocycles. The largest absolute Gasteiger partial charge is 0.497 e. The molecule has 1 aromatic rings. The van der Waals surface area contributed by atoms with E-state index >= 15 is 0 Å². The van der Waals surface area contributed by atoms with Gasteiger partial charge in [-0.05, 0) is 30.7 Å². The van der Waals surface area contributed by atoms with Crippen molar-refractivity contribution < 1.29 is 19.4 Å². The van der Waals surface area contributed by atoms with Crippen molar-refractivity contribution in [1.82, 2.24) is 5.32 Å². The van der Waals surface area contributed by atoms with Gasteiger partial charge in [0, 0.05) is 6.04 Å². The van der Waals surface area contributed by atoms with E-state index in [0.29, 0.717) is 0 Å². The highest BCUT2D eigenvalue weighted by Gasteiger charge is 2.23. The molecule has 2 N–H and O–H groups in total. The fraction of sp³-hybridized carbons (Fsp3) is 0.533. The SMILES string of the molecule is CCCNC(CC(=O)OC)C(O)c1ccc(OC)cc1. The van der Waals surface area contributed by atoms with Crippen molar-refractivity contribution >= 4 is 5.97 Å². The summed E-state index contributed by atoms with van der Waals surface area (Å²) in [6, 6.07) is 6.79. The van der Waals surface area contributed by atoms with Gasteiger partial charge >= 0.3 is 5.97 Å². The zero-order chi connectivity index (χ0) is 15.0. The quantitative estimate of drug-likeness (QED) is 0.709. The Balaban J connectivity index is 2.78. The summed E-state index contributed by atoms with van der Waals surface area (Å²) in [5.41, 5.74) is 0.739. The lowest BCUT2D eigenvalue weighted by molar-refractivity contribution is -0.142. The number of nitrogens with one attached hydrogen (secondary N) is 1. The summed E-state index contributed by atoms with van der Waals surface area (Å²) in [7, 11) is 2.94. The van der Waals surface area contributed by atoms with Crippen molar-refractivity contribution in [2.24, 2.45) is 0 Å². The van der Waals surface area contributed by atoms with Crippen molar-refractivity contribution in [3.8, 4) is 5.75 Å². The second-order valence-electron chi connectivity index (χ2n) is 4.56. The summed E-state index contributed by atoms with van der Waals surface area (Å²) in [5.74, 6) is 0.387. The summed E-state index contributed by atoms with van der Waals surface area (Å²) in [4.78, 5) is 11.4. The lowest BCUT2D eigenvalue weighted by atomic mass is 9.99. The number of aliphatic hydroxyl groups excluding tert-OH is 1. The average Bonchev–Trinajstić information content (AvgIpc) is 2.50. The van der Waals surface area contributed by atoms with Crippen LogP contribution in [0.5, 0.6) is 5.75 Å². The molecular weight excluding hydrogens is 258 g/mol. The minimum absolute atomic E-state index is 0.129. The molecule has 1 rings (SSSR count). The number of carbonyl (C=O) groups excluding carboxylic acids is 1. The number of benzene rings is 1. The first-order valence-corrected chi connectivity index (χ1v) is 6.74. The number of rotatable bonds is 8. The van der Waals surface area contributed by atoms with Gasteiger partial charge < -0.3 is 19.9 Å². The van der Waals surface area contributed by atoms with Crippen LogP contribution in [0.3, 0.4) is 0 Å². The Labute approximate surface area is 119 Å². The van der Waals surface area contributed by atoms with Gasteiger partial charge in [-0.1, -0.05) is 19.1 Å². The van der Waals surface area contributed by atoms with Crippen LogP contribution in [0.2, 0.25) is 0 Å². The van der Waals surface area contributed by atoms with Crippen LogP contribution in [-0.4, -0.2) is 37.9 Å². The van der Waals surface area contributed by atoms with Crippen LogP contribution in [0.15, 0.2) is 24.3 Å². The predicted molar refractivity (Wildman–Crippen MR) is 76.7 cm³/mol. The van der Waals surface area contributed by atoms with Crippen molar-refractivity contribution in [2.75, 3.05) is 20.8 Å². The normalized spacial score (nSPS) is 13.6. The maximum Gasteiger partial charge on any atom is 0.307 e. The van der Waals surface area contributed by atoms with Gasteiger partial charge in [0.1, 0.15) is 5.75 Å². The number of carbonyl (C=O) groups is 1. The molecular formula is C15H23NO4. The maximum absolute atomic E-state index is 11.4. The van der Waals surface area contributed by atoms with Gasteiger partial charge in [-0.25, -0.2) is 0 Å². The molecule has 0 amide bonds. The van der Waals surface area contributed by atoms with Gasteiger partial charge in [0.15, 0.2) is 0 Å². The molecule has 1 aromatic carbocycles. The molecule has 20 heavy (non-hydrogen) atoms. The molecule has 2 unspecified atom stereocenters. The number of hydrogen-bond donors (Lipinski definition) is 2. The minimum Gasteiger partial charge on any atom is -0.497 e. The number of ether oxygens (including phenoxy) is 2. The highest BCUT2D eigenvalue weighted by molar-refractivity contribution is 5.70. The third-order valence-corrected chi connectivity index (χ3v) is 3.11. The third kappa shape index (κ3) is 4.83. The van der Waals surface area contributed by atoms with E-state index in [9.17, 15) is 9.90 Å². The maximum atomic E-state index is 11.4. The van der Waals surface area contributed by atoms with Gasteiger partial charge in [0.25, 0.3) is 0 Å². The Morgan fingerprint density at radius 2 is 1.95 bits per heavy atom. The third-order valence-electron chi connectivity index (χ3n) is 3.11. The molecule has 0 heterocycles. The zero-order valence-corrected chi connectivity index (χ0v) is 12.3. The Morgan fingerprint density at radius 3 is 2.45 bits per heavy atom. The number of esters is 1. The molecule has 112 valence electrons. The summed E-state index contributed by atoms with van der Waals surface area (Å²) in [6.07, 6.45) is 0.281. The van der Waals surface area contributed by atoms with Gasteiger partial charge in [0.2, 0.25) is 0 Å². The van der Waals surface area contributed by atoms with E-state index in [0.717, 1.165) is 24.3 Å². The Hall–Kier alpha value is -1.59. The number of hydrogen-bond acceptors (Lipinski definition) is 5. The van der Waals surface area contributed by atoms with Crippen LogP contribution >= 0.6 is 0 Å². The van der Waals surface area contributed by atoms with Crippen molar-refractivity contribution in [1.29, 1.82) is 0 Å². The van der Waals surface area contributed by atoms with Crippen molar-refractivity contribution in [3.05, 3.63) is 29.8 Å². The highest BCUT2D eigenvalue weighted by atomic mass is 16.5. The smallest absolute Gasteiger partial charge is 0.307 e. The first-order chi connectivity index (χ1) is 9.62. The number of aliphatic hydroxyl groups is 1. The summed E-state index contributed by atoms with van der Waals surface area (Å²) >= 11 is 0. The Kier molecular flexibility index (Phi) is 7.04. The van der Waals surface area contributed by atoms with E-state index in [1.807, 2.05) is 6.92 Å². The minimum atomic E-state index is -0.772. The molecule has 0 saturated carbocycles. The lowest BCUT2D eigenvalue weighted by Gasteiger charge is -2.23. The molecule has 0 bridgehead atoms. The molecule has 0 aliphatic rings. The Bertz CT molecular complexity index is 405. The van der Waals surface area contributed by atoms with Crippen LogP contribution in [0.4, 0.5) is 0 Å². The van der Waals surface area contributed by atoms with Crippen LogP contribution in [-0.2, 0) is 9.53 Å². The Morgan fingerprint density at radius 1 is 1.30 bits per heavy atom. The van der Waals surface area contributed by atoms with E-state index in [1.165, 1.54) is 7.11 Å². The molecule has 0 fully saturated rings. The number of methoxy groups -OCH3 is 2. The van der Waals surface area contributed by atoms with Gasteiger partial charge in [-0.15, -0.1) is 0 Å². The molecule has 0 radical (unpaired) electrons. The summed E-state index contributed by atoms with van der Waals surface area (Å²) in [6.45, 7) is 2.76. The van der Waals surface area contributed by atoms with Gasteiger partial charge in [0.05, 0.1) is 26.7 Å². The first-order valence-electron chi connectivity index (χ1n) is 6.74. The second-order valence-corrected chi connectivity index (χ2v) is 4.56. The molecule has 2 atom stereocenters. The van der Waals surface area contributed by atoms with Gasteiger partial charge in [-0.3, -0.25) is 4.79 Å². The zero-order valence-electron chi connectivity index (χ0n) is 12.3. The monoisotopic (exact) mass is 281 g/mol. The molecule has 0 spiro atoms. The topological polar surface area (TPSA) is 67.8 Å². The van der Waals surface area contributed by atoms with Crippen LogP contribution in [0.25, 0.3) is 0 Å². The molecule has 5 heteroatoms. The van der Waals surface area contributed by atoms with E-state index in [4.69, 9.17) is 4.74 Å². The van der Waals surface area contributed by atoms with E-state index in [-0.39, 0.29) is 18.4 Å².